The number of hydrogen-bond acceptors (Lipinski definition) is 2. The Bertz CT molecular complexity index is 140. The molecule has 0 spiro atoms. The number of nitrogens with two attached hydrogens (primary N) is 1. The van der Waals surface area contributed by atoms with Gasteiger partial charge in [0.2, 0.25) is 0 Å². The van der Waals surface area contributed by atoms with E-state index in [9.17, 15) is 8.78 Å². The second-order valence-electron chi connectivity index (χ2n) is 4.29. The average molecular weight is 209 g/mol. The number of unbranched alkanes of at least 4 members (excludes halogenated alkanes) is 1. The molecule has 0 aromatic carbocycles. The van der Waals surface area contributed by atoms with Crippen LogP contribution < -0.4 is 5.73 Å². The summed E-state index contributed by atoms with van der Waals surface area (Å²) >= 11 is 0. The van der Waals surface area contributed by atoms with Gasteiger partial charge >= 0.3 is 0 Å². The summed E-state index contributed by atoms with van der Waals surface area (Å²) in [5.74, 6) is 0. The van der Waals surface area contributed by atoms with Crippen LogP contribution in [0.4, 0.5) is 8.78 Å². The average Bonchev–Trinajstić information content (AvgIpc) is 2.10. The number of ether oxygens (including phenoxy) is 1. The maximum Gasteiger partial charge on any atom is 0.261 e. The van der Waals surface area contributed by atoms with Crippen LogP contribution in [0, 0.1) is 5.41 Å². The predicted octanol–water partition coefficient (Wildman–Crippen LogP) is 2.42. The molecular weight excluding hydrogens is 188 g/mol. The quantitative estimate of drug-likeness (QED) is 0.623. The van der Waals surface area contributed by atoms with Crippen molar-refractivity contribution < 1.29 is 13.5 Å². The number of alkyl halides is 2. The first-order chi connectivity index (χ1) is 6.48. The molecular formula is C10H21F2NO. The summed E-state index contributed by atoms with van der Waals surface area (Å²) in [7, 11) is 0. The Hall–Kier alpha value is -0.220. The summed E-state index contributed by atoms with van der Waals surface area (Å²) in [5, 5.41) is 0. The van der Waals surface area contributed by atoms with Crippen LogP contribution >= 0.6 is 0 Å². The van der Waals surface area contributed by atoms with Crippen molar-refractivity contribution in [3.63, 3.8) is 0 Å². The maximum absolute atomic E-state index is 11.6. The van der Waals surface area contributed by atoms with Crippen LogP contribution in [0.1, 0.15) is 33.1 Å². The molecule has 0 heterocycles. The lowest BCUT2D eigenvalue weighted by molar-refractivity contribution is 0.0157. The standard InChI is InChI=1S/C10H21F2NO/c1-10(2,8-13)5-3-4-6-14-7-9(11)12/h9H,3-8,13H2,1-2H3. The van der Waals surface area contributed by atoms with Gasteiger partial charge in [0.1, 0.15) is 6.61 Å². The molecule has 0 aliphatic heterocycles. The van der Waals surface area contributed by atoms with E-state index < -0.39 is 13.0 Å². The topological polar surface area (TPSA) is 35.2 Å². The predicted molar refractivity (Wildman–Crippen MR) is 53.5 cm³/mol. The van der Waals surface area contributed by atoms with Gasteiger partial charge in [-0.05, 0) is 24.8 Å². The van der Waals surface area contributed by atoms with Gasteiger partial charge in [0.25, 0.3) is 6.43 Å². The third kappa shape index (κ3) is 8.38. The van der Waals surface area contributed by atoms with Crippen LogP contribution in [0.3, 0.4) is 0 Å². The fourth-order valence-electron chi connectivity index (χ4n) is 1.08. The molecule has 0 aliphatic carbocycles. The number of rotatable bonds is 8. The van der Waals surface area contributed by atoms with Gasteiger partial charge in [-0.15, -0.1) is 0 Å². The van der Waals surface area contributed by atoms with Crippen molar-refractivity contribution in [2.75, 3.05) is 19.8 Å². The van der Waals surface area contributed by atoms with Gasteiger partial charge in [0.15, 0.2) is 0 Å². The molecule has 14 heavy (non-hydrogen) atoms. The molecule has 0 unspecified atom stereocenters. The lowest BCUT2D eigenvalue weighted by atomic mass is 9.87. The minimum absolute atomic E-state index is 0.155. The van der Waals surface area contributed by atoms with E-state index in [1.807, 2.05) is 0 Å². The van der Waals surface area contributed by atoms with Crippen LogP contribution in [0.15, 0.2) is 0 Å². The van der Waals surface area contributed by atoms with Crippen molar-refractivity contribution in [3.05, 3.63) is 0 Å². The van der Waals surface area contributed by atoms with E-state index in [4.69, 9.17) is 10.5 Å². The normalized spacial score (nSPS) is 12.4. The van der Waals surface area contributed by atoms with Crippen LogP contribution in [0.25, 0.3) is 0 Å². The van der Waals surface area contributed by atoms with E-state index in [2.05, 4.69) is 13.8 Å². The summed E-state index contributed by atoms with van der Waals surface area (Å²) in [6.07, 6.45) is 0.473. The molecule has 0 bridgehead atoms. The van der Waals surface area contributed by atoms with E-state index in [1.165, 1.54) is 0 Å². The summed E-state index contributed by atoms with van der Waals surface area (Å²) in [6.45, 7) is 4.84. The number of hydrogen-bond donors (Lipinski definition) is 1. The first-order valence-electron chi connectivity index (χ1n) is 5.04. The van der Waals surface area contributed by atoms with Crippen molar-refractivity contribution in [1.82, 2.24) is 0 Å². The molecule has 0 aromatic heterocycles. The number of halogens is 2. The Kier molecular flexibility index (Phi) is 7.01. The van der Waals surface area contributed by atoms with Crippen LogP contribution in [0.2, 0.25) is 0 Å². The zero-order valence-electron chi connectivity index (χ0n) is 9.06. The first-order valence-corrected chi connectivity index (χ1v) is 5.04. The van der Waals surface area contributed by atoms with Gasteiger partial charge in [0.05, 0.1) is 0 Å². The smallest absolute Gasteiger partial charge is 0.261 e. The molecule has 86 valence electrons. The SMILES string of the molecule is CC(C)(CN)CCCCOCC(F)F. The van der Waals surface area contributed by atoms with E-state index >= 15 is 0 Å². The summed E-state index contributed by atoms with van der Waals surface area (Å²) in [5.41, 5.74) is 5.71. The largest absolute Gasteiger partial charge is 0.376 e. The van der Waals surface area contributed by atoms with Gasteiger partial charge in [-0.3, -0.25) is 0 Å². The molecule has 0 amide bonds. The highest BCUT2D eigenvalue weighted by atomic mass is 19.3. The fraction of sp³-hybridized carbons (Fsp3) is 1.00. The minimum atomic E-state index is -2.35. The zero-order chi connectivity index (χ0) is 11.0. The van der Waals surface area contributed by atoms with Gasteiger partial charge in [-0.2, -0.15) is 0 Å². The second-order valence-corrected chi connectivity index (χ2v) is 4.29. The van der Waals surface area contributed by atoms with Crippen LogP contribution in [-0.4, -0.2) is 26.2 Å². The van der Waals surface area contributed by atoms with Gasteiger partial charge < -0.3 is 10.5 Å². The highest BCUT2D eigenvalue weighted by Gasteiger charge is 2.14. The Morgan fingerprint density at radius 1 is 1.29 bits per heavy atom. The third-order valence-corrected chi connectivity index (χ3v) is 2.19. The lowest BCUT2D eigenvalue weighted by Crippen LogP contribution is -2.23. The van der Waals surface area contributed by atoms with Crippen molar-refractivity contribution in [3.8, 4) is 0 Å². The third-order valence-electron chi connectivity index (χ3n) is 2.19. The molecule has 2 N–H and O–H groups in total. The van der Waals surface area contributed by atoms with E-state index in [0.29, 0.717) is 13.2 Å². The monoisotopic (exact) mass is 209 g/mol. The molecule has 0 rings (SSSR count). The van der Waals surface area contributed by atoms with Crippen molar-refractivity contribution in [2.24, 2.45) is 11.1 Å². The second kappa shape index (κ2) is 7.12. The van der Waals surface area contributed by atoms with Crippen molar-refractivity contribution in [1.29, 1.82) is 0 Å². The zero-order valence-corrected chi connectivity index (χ0v) is 9.06. The Morgan fingerprint density at radius 3 is 2.43 bits per heavy atom. The lowest BCUT2D eigenvalue weighted by Gasteiger charge is -2.21. The molecule has 2 nitrogen and oxygen atoms in total. The summed E-state index contributed by atoms with van der Waals surface area (Å²) in [6, 6.07) is 0. The molecule has 0 saturated heterocycles. The summed E-state index contributed by atoms with van der Waals surface area (Å²) in [4.78, 5) is 0. The molecule has 0 aromatic rings. The van der Waals surface area contributed by atoms with Crippen LogP contribution in [-0.2, 0) is 4.74 Å². The van der Waals surface area contributed by atoms with Crippen molar-refractivity contribution in [2.45, 2.75) is 39.5 Å². The maximum atomic E-state index is 11.6. The minimum Gasteiger partial charge on any atom is -0.376 e. The molecule has 0 atom stereocenters. The van der Waals surface area contributed by atoms with Crippen LogP contribution in [0.5, 0.6) is 0 Å². The highest BCUT2D eigenvalue weighted by molar-refractivity contribution is 4.68. The summed E-state index contributed by atoms with van der Waals surface area (Å²) < 4.78 is 28.1. The molecule has 4 heteroatoms. The van der Waals surface area contributed by atoms with Gasteiger partial charge in [-0.1, -0.05) is 20.3 Å². The fourth-order valence-corrected chi connectivity index (χ4v) is 1.08. The molecule has 0 saturated carbocycles. The van der Waals surface area contributed by atoms with Gasteiger partial charge in [-0.25, -0.2) is 8.78 Å². The Morgan fingerprint density at radius 2 is 1.93 bits per heavy atom. The van der Waals surface area contributed by atoms with Gasteiger partial charge in [0, 0.05) is 6.61 Å². The highest BCUT2D eigenvalue weighted by Crippen LogP contribution is 2.20. The van der Waals surface area contributed by atoms with E-state index in [-0.39, 0.29) is 5.41 Å². The van der Waals surface area contributed by atoms with E-state index in [0.717, 1.165) is 19.3 Å². The van der Waals surface area contributed by atoms with E-state index in [1.54, 1.807) is 0 Å². The molecule has 0 radical (unpaired) electrons. The van der Waals surface area contributed by atoms with Crippen molar-refractivity contribution >= 4 is 0 Å². The Labute approximate surface area is 84.8 Å². The first kappa shape index (κ1) is 13.8. The molecule has 0 fully saturated rings. The molecule has 0 aliphatic rings. The Balaban J connectivity index is 3.21.